The molecule has 0 bridgehead atoms. The van der Waals surface area contributed by atoms with Gasteiger partial charge >= 0.3 is 0 Å². The Morgan fingerprint density at radius 2 is 1.96 bits per heavy atom. The van der Waals surface area contributed by atoms with Crippen LogP contribution in [0, 0.1) is 0 Å². The van der Waals surface area contributed by atoms with Gasteiger partial charge in [0.05, 0.1) is 0 Å². The number of fused-ring (bicyclic) bond motifs is 2. The number of nitrogens with zero attached hydrogens (tertiary/aromatic N) is 1. The third kappa shape index (κ3) is 2.81. The van der Waals surface area contributed by atoms with Crippen LogP contribution in [0.1, 0.15) is 36.8 Å². The molecule has 0 saturated heterocycles. The molecule has 1 aliphatic carbocycles. The van der Waals surface area contributed by atoms with Gasteiger partial charge in [-0.15, -0.1) is 0 Å². The normalized spacial score (nSPS) is 17.8. The number of rotatable bonds is 3. The second-order valence-corrected chi connectivity index (χ2v) is 7.33. The number of aromatic nitrogens is 2. The first-order valence-electron chi connectivity index (χ1n) is 9.44. The van der Waals surface area contributed by atoms with Crippen LogP contribution in [0.3, 0.4) is 0 Å². The molecule has 128 valence electrons. The van der Waals surface area contributed by atoms with Crippen LogP contribution in [-0.2, 0) is 13.0 Å². The molecule has 5 rings (SSSR count). The highest BCUT2D eigenvalue weighted by Gasteiger charge is 2.17. The minimum absolute atomic E-state index is 0.570. The number of hydrogen-bond donors (Lipinski definition) is 3. The average molecular weight is 332 g/mol. The summed E-state index contributed by atoms with van der Waals surface area (Å²) in [6.45, 7) is 2.05. The van der Waals surface area contributed by atoms with Crippen LogP contribution < -0.4 is 10.6 Å². The Bertz CT molecular complexity index is 905. The van der Waals surface area contributed by atoms with E-state index >= 15 is 0 Å². The number of hydrogen-bond acceptors (Lipinski definition) is 3. The lowest BCUT2D eigenvalue weighted by atomic mass is 9.95. The highest BCUT2D eigenvalue weighted by atomic mass is 15.0. The Morgan fingerprint density at radius 1 is 1.04 bits per heavy atom. The number of H-pyrrole nitrogens is 1. The first-order chi connectivity index (χ1) is 12.4. The minimum atomic E-state index is 0.570. The minimum Gasteiger partial charge on any atom is -0.367 e. The van der Waals surface area contributed by atoms with Crippen LogP contribution in [0.2, 0.25) is 0 Å². The van der Waals surface area contributed by atoms with E-state index in [1.54, 1.807) is 0 Å². The Balaban J connectivity index is 1.58. The second-order valence-electron chi connectivity index (χ2n) is 7.33. The van der Waals surface area contributed by atoms with Crippen LogP contribution in [0.4, 0.5) is 5.82 Å². The van der Waals surface area contributed by atoms with E-state index in [-0.39, 0.29) is 0 Å². The van der Waals surface area contributed by atoms with Gasteiger partial charge < -0.3 is 15.6 Å². The van der Waals surface area contributed by atoms with Gasteiger partial charge in [-0.05, 0) is 66.3 Å². The van der Waals surface area contributed by atoms with Crippen LogP contribution in [-0.4, -0.2) is 22.6 Å². The molecule has 1 aliphatic heterocycles. The molecule has 25 heavy (non-hydrogen) atoms. The van der Waals surface area contributed by atoms with Gasteiger partial charge in [0.25, 0.3) is 0 Å². The molecular formula is C21H24N4. The van der Waals surface area contributed by atoms with Gasteiger partial charge in [0.2, 0.25) is 0 Å². The van der Waals surface area contributed by atoms with Crippen LogP contribution in [0.5, 0.6) is 0 Å². The summed E-state index contributed by atoms with van der Waals surface area (Å²) in [6, 6.07) is 11.9. The van der Waals surface area contributed by atoms with Gasteiger partial charge in [0.15, 0.2) is 0 Å². The zero-order valence-electron chi connectivity index (χ0n) is 14.4. The summed E-state index contributed by atoms with van der Waals surface area (Å²) < 4.78 is 0. The molecule has 3 aromatic rings. The van der Waals surface area contributed by atoms with Gasteiger partial charge in [0.1, 0.15) is 11.5 Å². The monoisotopic (exact) mass is 332 g/mol. The number of aromatic amines is 1. The third-order valence-corrected chi connectivity index (χ3v) is 5.64. The van der Waals surface area contributed by atoms with E-state index in [1.165, 1.54) is 53.3 Å². The van der Waals surface area contributed by atoms with Gasteiger partial charge in [-0.2, -0.15) is 0 Å². The molecule has 3 N–H and O–H groups in total. The fourth-order valence-corrected chi connectivity index (χ4v) is 4.28. The summed E-state index contributed by atoms with van der Waals surface area (Å²) >= 11 is 0. The number of pyridine rings is 1. The highest BCUT2D eigenvalue weighted by molar-refractivity contribution is 5.94. The number of anilines is 1. The maximum absolute atomic E-state index is 4.79. The predicted octanol–water partition coefficient (Wildman–Crippen LogP) is 4.23. The first-order valence-corrected chi connectivity index (χ1v) is 9.44. The Morgan fingerprint density at radius 3 is 2.88 bits per heavy atom. The van der Waals surface area contributed by atoms with E-state index in [9.17, 15) is 0 Å². The maximum atomic E-state index is 4.79. The molecule has 4 heteroatoms. The van der Waals surface area contributed by atoms with Gasteiger partial charge in [-0.3, -0.25) is 0 Å². The van der Waals surface area contributed by atoms with Gasteiger partial charge in [-0.1, -0.05) is 25.0 Å². The highest BCUT2D eigenvalue weighted by Crippen LogP contribution is 2.32. The van der Waals surface area contributed by atoms with E-state index in [1.807, 2.05) is 6.20 Å². The van der Waals surface area contributed by atoms with E-state index in [4.69, 9.17) is 4.98 Å². The van der Waals surface area contributed by atoms with Crippen molar-refractivity contribution < 1.29 is 0 Å². The molecule has 1 fully saturated rings. The molecular weight excluding hydrogens is 308 g/mol. The topological polar surface area (TPSA) is 52.7 Å². The van der Waals surface area contributed by atoms with Crippen molar-refractivity contribution in [2.45, 2.75) is 44.7 Å². The summed E-state index contributed by atoms with van der Waals surface area (Å²) in [6.07, 6.45) is 8.27. The largest absolute Gasteiger partial charge is 0.367 e. The SMILES string of the molecule is c1cc2c(-c3ccc4c(c3)CNCC4)cc(NC3CCCC3)nc2[nH]1. The van der Waals surface area contributed by atoms with Gasteiger partial charge in [-0.25, -0.2) is 4.98 Å². The van der Waals surface area contributed by atoms with Crippen molar-refractivity contribution in [3.05, 3.63) is 47.7 Å². The molecule has 0 amide bonds. The molecule has 1 aromatic carbocycles. The summed E-state index contributed by atoms with van der Waals surface area (Å²) in [4.78, 5) is 8.09. The van der Waals surface area contributed by atoms with Crippen molar-refractivity contribution in [3.63, 3.8) is 0 Å². The molecule has 2 aromatic heterocycles. The molecule has 0 spiro atoms. The summed E-state index contributed by atoms with van der Waals surface area (Å²) in [7, 11) is 0. The Labute approximate surface area is 148 Å². The lowest BCUT2D eigenvalue weighted by Gasteiger charge is -2.19. The molecule has 0 unspecified atom stereocenters. The van der Waals surface area contributed by atoms with Crippen molar-refractivity contribution in [3.8, 4) is 11.1 Å². The predicted molar refractivity (Wildman–Crippen MR) is 103 cm³/mol. The lowest BCUT2D eigenvalue weighted by molar-refractivity contribution is 0.644. The van der Waals surface area contributed by atoms with Crippen molar-refractivity contribution in [1.29, 1.82) is 0 Å². The third-order valence-electron chi connectivity index (χ3n) is 5.64. The smallest absolute Gasteiger partial charge is 0.140 e. The van der Waals surface area contributed by atoms with E-state index in [2.05, 4.69) is 45.9 Å². The molecule has 3 heterocycles. The number of nitrogens with one attached hydrogen (secondary N) is 3. The summed E-state index contributed by atoms with van der Waals surface area (Å²) in [5, 5.41) is 8.33. The number of benzene rings is 1. The standard InChI is InChI=1S/C21H24N4/c1-2-4-17(3-1)24-20-12-19(18-8-10-23-21(18)25-20)15-6-5-14-7-9-22-13-16(14)11-15/h5-6,8,10-12,17,22H,1-4,7,9,13H2,(H2,23,24,25). The quantitative estimate of drug-likeness (QED) is 0.673. The lowest BCUT2D eigenvalue weighted by Crippen LogP contribution is -2.23. The summed E-state index contributed by atoms with van der Waals surface area (Å²) in [5.41, 5.74) is 6.42. The second kappa shape index (κ2) is 6.19. The Kier molecular flexibility index (Phi) is 3.71. The van der Waals surface area contributed by atoms with Crippen molar-refractivity contribution in [1.82, 2.24) is 15.3 Å². The Hall–Kier alpha value is -2.33. The summed E-state index contributed by atoms with van der Waals surface area (Å²) in [5.74, 6) is 0.993. The van der Waals surface area contributed by atoms with Crippen molar-refractivity contribution >= 4 is 16.9 Å². The van der Waals surface area contributed by atoms with Crippen molar-refractivity contribution in [2.75, 3.05) is 11.9 Å². The molecule has 4 nitrogen and oxygen atoms in total. The molecule has 2 aliphatic rings. The van der Waals surface area contributed by atoms with Crippen LogP contribution in [0.15, 0.2) is 36.5 Å². The fourth-order valence-electron chi connectivity index (χ4n) is 4.28. The van der Waals surface area contributed by atoms with E-state index in [0.29, 0.717) is 6.04 Å². The maximum Gasteiger partial charge on any atom is 0.140 e. The average Bonchev–Trinajstić information content (AvgIpc) is 3.32. The molecule has 0 radical (unpaired) electrons. The molecule has 0 atom stereocenters. The first kappa shape index (κ1) is 15.0. The zero-order chi connectivity index (χ0) is 16.6. The zero-order valence-corrected chi connectivity index (χ0v) is 14.4. The van der Waals surface area contributed by atoms with E-state index < -0.39 is 0 Å². The fraction of sp³-hybridized carbons (Fsp3) is 0.381. The van der Waals surface area contributed by atoms with Crippen molar-refractivity contribution in [2.24, 2.45) is 0 Å². The van der Waals surface area contributed by atoms with Crippen LogP contribution in [0.25, 0.3) is 22.2 Å². The molecule has 1 saturated carbocycles. The van der Waals surface area contributed by atoms with Crippen LogP contribution >= 0.6 is 0 Å². The van der Waals surface area contributed by atoms with E-state index in [0.717, 1.165) is 31.0 Å². The van der Waals surface area contributed by atoms with Gasteiger partial charge in [0, 0.05) is 24.2 Å².